The van der Waals surface area contributed by atoms with Gasteiger partial charge in [-0.25, -0.2) is 9.18 Å². The van der Waals surface area contributed by atoms with Crippen molar-refractivity contribution >= 4 is 11.7 Å². The first-order valence-electron chi connectivity index (χ1n) is 7.27. The molecular formula is C15H19F3N2O3. The zero-order valence-electron chi connectivity index (χ0n) is 12.6. The molecule has 3 N–H and O–H groups in total. The SMILES string of the molecule is CC1(CO)CCCC1NC(=O)Nc1ccc(OC(F)F)c(F)c1. The minimum Gasteiger partial charge on any atom is -0.432 e. The van der Waals surface area contributed by atoms with E-state index < -0.39 is 24.2 Å². The highest BCUT2D eigenvalue weighted by Crippen LogP contribution is 2.37. The van der Waals surface area contributed by atoms with Gasteiger partial charge in [0.2, 0.25) is 0 Å². The molecular weight excluding hydrogens is 313 g/mol. The molecule has 23 heavy (non-hydrogen) atoms. The summed E-state index contributed by atoms with van der Waals surface area (Å²) in [5.41, 5.74) is -0.261. The van der Waals surface area contributed by atoms with Crippen LogP contribution in [0.4, 0.5) is 23.7 Å². The predicted molar refractivity (Wildman–Crippen MR) is 78.0 cm³/mol. The second-order valence-electron chi connectivity index (χ2n) is 5.88. The Hall–Kier alpha value is -1.96. The van der Waals surface area contributed by atoms with Gasteiger partial charge in [-0.05, 0) is 25.0 Å². The van der Waals surface area contributed by atoms with Gasteiger partial charge in [-0.15, -0.1) is 0 Å². The summed E-state index contributed by atoms with van der Waals surface area (Å²) >= 11 is 0. The zero-order valence-corrected chi connectivity index (χ0v) is 12.6. The van der Waals surface area contributed by atoms with Gasteiger partial charge in [0.05, 0.1) is 6.61 Å². The van der Waals surface area contributed by atoms with E-state index in [1.54, 1.807) is 0 Å². The Labute approximate surface area is 131 Å². The van der Waals surface area contributed by atoms with Gasteiger partial charge in [-0.3, -0.25) is 0 Å². The maximum Gasteiger partial charge on any atom is 0.387 e. The van der Waals surface area contributed by atoms with E-state index in [1.807, 2.05) is 6.92 Å². The number of halogens is 3. The standard InChI is InChI=1S/C15H19F3N2O3/c1-15(8-21)6-2-3-12(15)20-14(22)19-9-4-5-11(10(16)7-9)23-13(17)18/h4-5,7,12-13,21H,2-3,6,8H2,1H3,(H2,19,20,22). The topological polar surface area (TPSA) is 70.6 Å². The number of rotatable bonds is 5. The highest BCUT2D eigenvalue weighted by Gasteiger charge is 2.39. The monoisotopic (exact) mass is 332 g/mol. The van der Waals surface area contributed by atoms with Crippen molar-refractivity contribution in [2.24, 2.45) is 5.41 Å². The third kappa shape index (κ3) is 4.28. The van der Waals surface area contributed by atoms with Gasteiger partial charge in [-0.2, -0.15) is 8.78 Å². The van der Waals surface area contributed by atoms with Crippen molar-refractivity contribution in [1.29, 1.82) is 0 Å². The molecule has 0 aliphatic heterocycles. The number of nitrogens with one attached hydrogen (secondary N) is 2. The lowest BCUT2D eigenvalue weighted by Crippen LogP contribution is -2.46. The summed E-state index contributed by atoms with van der Waals surface area (Å²) in [5.74, 6) is -1.58. The number of carbonyl (C=O) groups excluding carboxylic acids is 1. The zero-order chi connectivity index (χ0) is 17.0. The van der Waals surface area contributed by atoms with Crippen LogP contribution in [0.15, 0.2) is 18.2 Å². The molecule has 2 unspecified atom stereocenters. The smallest absolute Gasteiger partial charge is 0.387 e. The molecule has 2 rings (SSSR count). The highest BCUT2D eigenvalue weighted by molar-refractivity contribution is 5.89. The molecule has 0 bridgehead atoms. The quantitative estimate of drug-likeness (QED) is 0.776. The maximum absolute atomic E-state index is 13.6. The van der Waals surface area contributed by atoms with Crippen molar-refractivity contribution in [2.75, 3.05) is 11.9 Å². The first-order valence-corrected chi connectivity index (χ1v) is 7.27. The summed E-state index contributed by atoms with van der Waals surface area (Å²) in [7, 11) is 0. The second kappa shape index (κ2) is 7.08. The Morgan fingerprint density at radius 3 is 2.87 bits per heavy atom. The van der Waals surface area contributed by atoms with Gasteiger partial charge in [0.1, 0.15) is 0 Å². The lowest BCUT2D eigenvalue weighted by Gasteiger charge is -2.30. The maximum atomic E-state index is 13.6. The highest BCUT2D eigenvalue weighted by atomic mass is 19.3. The van der Waals surface area contributed by atoms with Crippen LogP contribution in [-0.2, 0) is 0 Å². The number of hydrogen-bond acceptors (Lipinski definition) is 3. The largest absolute Gasteiger partial charge is 0.432 e. The fourth-order valence-electron chi connectivity index (χ4n) is 2.76. The van der Waals surface area contributed by atoms with E-state index in [1.165, 1.54) is 6.07 Å². The lowest BCUT2D eigenvalue weighted by molar-refractivity contribution is -0.0521. The van der Waals surface area contributed by atoms with Crippen molar-refractivity contribution in [1.82, 2.24) is 5.32 Å². The number of aliphatic hydroxyl groups is 1. The normalized spacial score (nSPS) is 23.8. The molecule has 1 saturated carbocycles. The number of anilines is 1. The molecule has 2 atom stereocenters. The summed E-state index contributed by atoms with van der Waals surface area (Å²) in [6.45, 7) is -1.27. The van der Waals surface area contributed by atoms with E-state index in [-0.39, 0.29) is 23.8 Å². The number of carbonyl (C=O) groups is 1. The molecule has 1 aromatic carbocycles. The van der Waals surface area contributed by atoms with Crippen molar-refractivity contribution in [3.63, 3.8) is 0 Å². The fourth-order valence-corrected chi connectivity index (χ4v) is 2.76. The number of hydrogen-bond donors (Lipinski definition) is 3. The van der Waals surface area contributed by atoms with E-state index >= 15 is 0 Å². The van der Waals surface area contributed by atoms with Gasteiger partial charge >= 0.3 is 12.6 Å². The van der Waals surface area contributed by atoms with Crippen molar-refractivity contribution in [2.45, 2.75) is 38.8 Å². The van der Waals surface area contributed by atoms with E-state index in [2.05, 4.69) is 15.4 Å². The van der Waals surface area contributed by atoms with Crippen LogP contribution in [0.5, 0.6) is 5.75 Å². The number of benzene rings is 1. The van der Waals surface area contributed by atoms with Crippen LogP contribution in [0.2, 0.25) is 0 Å². The van der Waals surface area contributed by atoms with Gasteiger partial charge < -0.3 is 20.5 Å². The summed E-state index contributed by atoms with van der Waals surface area (Å²) in [6.07, 6.45) is 2.46. The molecule has 128 valence electrons. The molecule has 0 radical (unpaired) electrons. The van der Waals surface area contributed by atoms with Crippen LogP contribution in [0, 0.1) is 11.2 Å². The van der Waals surface area contributed by atoms with Gasteiger partial charge in [0, 0.05) is 23.2 Å². The van der Waals surface area contributed by atoms with Crippen LogP contribution >= 0.6 is 0 Å². The fraction of sp³-hybridized carbons (Fsp3) is 0.533. The van der Waals surface area contributed by atoms with Crippen LogP contribution in [0.25, 0.3) is 0 Å². The van der Waals surface area contributed by atoms with Crippen LogP contribution in [-0.4, -0.2) is 30.4 Å². The molecule has 8 heteroatoms. The Morgan fingerprint density at radius 1 is 1.52 bits per heavy atom. The van der Waals surface area contributed by atoms with Gasteiger partial charge in [0.25, 0.3) is 0 Å². The van der Waals surface area contributed by atoms with Crippen molar-refractivity contribution in [3.8, 4) is 5.75 Å². The number of alkyl halides is 2. The molecule has 5 nitrogen and oxygen atoms in total. The van der Waals surface area contributed by atoms with Gasteiger partial charge in [-0.1, -0.05) is 13.3 Å². The van der Waals surface area contributed by atoms with Gasteiger partial charge in [0.15, 0.2) is 11.6 Å². The number of ether oxygens (including phenoxy) is 1. The van der Waals surface area contributed by atoms with Crippen LogP contribution < -0.4 is 15.4 Å². The number of aliphatic hydroxyl groups excluding tert-OH is 1. The van der Waals surface area contributed by atoms with Crippen molar-refractivity contribution < 1.29 is 27.8 Å². The Kier molecular flexibility index (Phi) is 5.35. The minimum atomic E-state index is -3.12. The van der Waals surface area contributed by atoms with Crippen molar-refractivity contribution in [3.05, 3.63) is 24.0 Å². The Bertz CT molecular complexity index is 571. The lowest BCUT2D eigenvalue weighted by atomic mass is 9.86. The number of urea groups is 1. The summed E-state index contributed by atoms with van der Waals surface area (Å²) < 4.78 is 41.7. The molecule has 2 amide bonds. The summed E-state index contributed by atoms with van der Waals surface area (Å²) in [5, 5.41) is 14.6. The Morgan fingerprint density at radius 2 is 2.26 bits per heavy atom. The molecule has 1 aliphatic carbocycles. The molecule has 0 spiro atoms. The van der Waals surface area contributed by atoms with E-state index in [0.717, 1.165) is 31.4 Å². The number of amides is 2. The summed E-state index contributed by atoms with van der Waals surface area (Å²) in [6, 6.07) is 2.46. The molecule has 1 fully saturated rings. The predicted octanol–water partition coefficient (Wildman–Crippen LogP) is 3.10. The first kappa shape index (κ1) is 17.4. The molecule has 0 heterocycles. The molecule has 1 aromatic rings. The summed E-state index contributed by atoms with van der Waals surface area (Å²) in [4.78, 5) is 12.0. The average molecular weight is 332 g/mol. The van der Waals surface area contributed by atoms with E-state index in [4.69, 9.17) is 0 Å². The van der Waals surface area contributed by atoms with E-state index in [9.17, 15) is 23.1 Å². The average Bonchev–Trinajstić information content (AvgIpc) is 2.83. The third-order valence-electron chi connectivity index (χ3n) is 4.15. The Balaban J connectivity index is 1.96. The van der Waals surface area contributed by atoms with Crippen LogP contribution in [0.1, 0.15) is 26.2 Å². The van der Waals surface area contributed by atoms with Crippen LogP contribution in [0.3, 0.4) is 0 Å². The first-order chi connectivity index (χ1) is 10.8. The molecule has 1 aliphatic rings. The third-order valence-corrected chi connectivity index (χ3v) is 4.15. The minimum absolute atomic E-state index is 0.0355. The second-order valence-corrected chi connectivity index (χ2v) is 5.88. The molecule has 0 aromatic heterocycles. The van der Waals surface area contributed by atoms with E-state index in [0.29, 0.717) is 0 Å². The molecule has 0 saturated heterocycles.